The summed E-state index contributed by atoms with van der Waals surface area (Å²) in [7, 11) is 0.0732. The van der Waals surface area contributed by atoms with Crippen LogP contribution in [0.1, 0.15) is 31.4 Å². The maximum absolute atomic E-state index is 5.70. The van der Waals surface area contributed by atoms with Crippen LogP contribution >= 0.6 is 18.1 Å². The van der Waals surface area contributed by atoms with Gasteiger partial charge in [-0.05, 0) is 25.0 Å². The maximum atomic E-state index is 5.70. The molecule has 2 rings (SSSR count). The fraction of sp³-hybridized carbons (Fsp3) is 0.368. The Morgan fingerprint density at radius 1 is 0.680 bits per heavy atom. The zero-order valence-electron chi connectivity index (χ0n) is 14.7. The summed E-state index contributed by atoms with van der Waals surface area (Å²) in [4.78, 5) is 0. The van der Waals surface area contributed by atoms with Gasteiger partial charge >= 0.3 is 0 Å². The number of hydrogen-bond donors (Lipinski definition) is 0. The highest BCUT2D eigenvalue weighted by atomic mass is 31.1. The average molecular weight is 380 g/mol. The van der Waals surface area contributed by atoms with Gasteiger partial charge in [0.25, 0.3) is 0 Å². The van der Waals surface area contributed by atoms with Gasteiger partial charge in [0.2, 0.25) is 0 Å². The highest BCUT2D eigenvalue weighted by molar-refractivity contribution is 7.26. The van der Waals surface area contributed by atoms with E-state index in [1.165, 1.54) is 0 Å². The summed E-state index contributed by atoms with van der Waals surface area (Å²) in [5.41, 5.74) is 2.31. The molecule has 0 bridgehead atoms. The van der Waals surface area contributed by atoms with Gasteiger partial charge in [-0.15, -0.1) is 0 Å². The van der Waals surface area contributed by atoms with Gasteiger partial charge in [0.1, 0.15) is 0 Å². The molecular weight excluding hydrogens is 354 g/mol. The smallest absolute Gasteiger partial charge is 0.155 e. The number of hydrogen-bond acceptors (Lipinski definition) is 4. The monoisotopic (exact) mass is 380 g/mol. The zero-order chi connectivity index (χ0) is 17.7. The molecular formula is C19H26O4P2. The third kappa shape index (κ3) is 9.42. The van der Waals surface area contributed by atoms with Gasteiger partial charge in [-0.25, -0.2) is 0 Å². The second-order valence-electron chi connectivity index (χ2n) is 5.81. The highest BCUT2D eigenvalue weighted by Gasteiger charge is 2.10. The van der Waals surface area contributed by atoms with Crippen LogP contribution in [0.4, 0.5) is 0 Å². The van der Waals surface area contributed by atoms with Crippen molar-refractivity contribution in [3.63, 3.8) is 0 Å². The quantitative estimate of drug-likeness (QED) is 0.353. The van der Waals surface area contributed by atoms with Crippen LogP contribution in [0.25, 0.3) is 0 Å². The van der Waals surface area contributed by atoms with Crippen molar-refractivity contribution in [2.45, 2.75) is 45.7 Å². The van der Waals surface area contributed by atoms with Crippen LogP contribution in [-0.2, 0) is 31.3 Å². The van der Waals surface area contributed by atoms with Crippen LogP contribution in [-0.4, -0.2) is 12.2 Å². The molecule has 0 saturated carbocycles. The van der Waals surface area contributed by atoms with Crippen molar-refractivity contribution >= 4 is 18.1 Å². The Balaban J connectivity index is 1.49. The van der Waals surface area contributed by atoms with Crippen LogP contribution < -0.4 is 0 Å². The molecule has 0 amide bonds. The maximum Gasteiger partial charge on any atom is 0.155 e. The second kappa shape index (κ2) is 12.5. The lowest BCUT2D eigenvalue weighted by Crippen LogP contribution is -2.13. The van der Waals surface area contributed by atoms with Crippen LogP contribution in [0.15, 0.2) is 60.7 Å². The lowest BCUT2D eigenvalue weighted by Gasteiger charge is -2.18. The highest BCUT2D eigenvalue weighted by Crippen LogP contribution is 2.25. The molecule has 0 radical (unpaired) electrons. The van der Waals surface area contributed by atoms with Gasteiger partial charge in [0, 0.05) is 6.42 Å². The van der Waals surface area contributed by atoms with Crippen LogP contribution in [0, 0.1) is 0 Å². The van der Waals surface area contributed by atoms with E-state index in [2.05, 4.69) is 0 Å². The minimum atomic E-state index is 0.0366. The van der Waals surface area contributed by atoms with E-state index >= 15 is 0 Å². The summed E-state index contributed by atoms with van der Waals surface area (Å²) in [6, 6.07) is 20.2. The van der Waals surface area contributed by atoms with Crippen molar-refractivity contribution in [2.75, 3.05) is 0 Å². The summed E-state index contributed by atoms with van der Waals surface area (Å²) in [5, 5.41) is 0. The molecule has 0 spiro atoms. The standard InChI is InChI=1S/C19H26O4P2/c1-16(22-24-20-14-18-9-5-3-6-10-18)13-17(2)23-25-21-15-19-11-7-4-8-12-19/h3-12,16-17,24-25H,13-15H2,1-2H3. The van der Waals surface area contributed by atoms with Crippen LogP contribution in [0.3, 0.4) is 0 Å². The fourth-order valence-electron chi connectivity index (χ4n) is 2.17. The van der Waals surface area contributed by atoms with Crippen molar-refractivity contribution in [3.05, 3.63) is 71.8 Å². The van der Waals surface area contributed by atoms with Crippen molar-refractivity contribution in [3.8, 4) is 0 Å². The molecule has 6 heteroatoms. The molecule has 4 nitrogen and oxygen atoms in total. The van der Waals surface area contributed by atoms with E-state index in [1.54, 1.807) is 0 Å². The first-order valence-electron chi connectivity index (χ1n) is 8.36. The summed E-state index contributed by atoms with van der Waals surface area (Å²) in [6.07, 6.45) is 0.981. The summed E-state index contributed by atoms with van der Waals surface area (Å²) in [5.74, 6) is 0. The molecule has 2 aromatic rings. The van der Waals surface area contributed by atoms with Gasteiger partial charge in [0.05, 0.1) is 25.4 Å². The van der Waals surface area contributed by atoms with Crippen molar-refractivity contribution < 1.29 is 18.1 Å². The van der Waals surface area contributed by atoms with Gasteiger partial charge < -0.3 is 18.1 Å². The predicted octanol–water partition coefficient (Wildman–Crippen LogP) is 5.64. The molecule has 0 aliphatic heterocycles. The first-order valence-corrected chi connectivity index (χ1v) is 10.00. The summed E-state index contributed by atoms with van der Waals surface area (Å²) < 4.78 is 22.5. The zero-order valence-corrected chi connectivity index (χ0v) is 16.7. The normalized spacial score (nSPS) is 14.5. The third-order valence-electron chi connectivity index (χ3n) is 3.44. The van der Waals surface area contributed by atoms with Gasteiger partial charge in [0.15, 0.2) is 18.1 Å². The van der Waals surface area contributed by atoms with E-state index in [9.17, 15) is 0 Å². The van der Waals surface area contributed by atoms with E-state index < -0.39 is 0 Å². The van der Waals surface area contributed by atoms with Gasteiger partial charge in [-0.1, -0.05) is 60.7 Å². The van der Waals surface area contributed by atoms with E-state index in [4.69, 9.17) is 18.1 Å². The second-order valence-corrected chi connectivity index (χ2v) is 7.19. The summed E-state index contributed by atoms with van der Waals surface area (Å²) in [6.45, 7) is 5.22. The van der Waals surface area contributed by atoms with Crippen molar-refractivity contribution in [2.24, 2.45) is 0 Å². The topological polar surface area (TPSA) is 36.9 Å². The van der Waals surface area contributed by atoms with Crippen LogP contribution in [0.5, 0.6) is 0 Å². The average Bonchev–Trinajstić information content (AvgIpc) is 2.64. The predicted molar refractivity (Wildman–Crippen MR) is 105 cm³/mol. The minimum Gasteiger partial charge on any atom is -0.333 e. The first-order chi connectivity index (χ1) is 12.2. The molecule has 2 aromatic carbocycles. The molecule has 0 aliphatic rings. The molecule has 4 unspecified atom stereocenters. The Labute approximate surface area is 154 Å². The Morgan fingerprint density at radius 2 is 1.08 bits per heavy atom. The Morgan fingerprint density at radius 3 is 1.48 bits per heavy atom. The van der Waals surface area contributed by atoms with E-state index in [0.29, 0.717) is 13.2 Å². The lowest BCUT2D eigenvalue weighted by molar-refractivity contribution is 0.127. The first kappa shape index (κ1) is 20.5. The molecule has 136 valence electrons. The van der Waals surface area contributed by atoms with Crippen LogP contribution in [0.2, 0.25) is 0 Å². The number of benzene rings is 2. The fourth-order valence-corrected chi connectivity index (χ4v) is 3.28. The Kier molecular flexibility index (Phi) is 10.2. The Hall–Kier alpha value is -0.860. The lowest BCUT2D eigenvalue weighted by atomic mass is 10.2. The molecule has 0 aromatic heterocycles. The Bertz CT molecular complexity index is 517. The van der Waals surface area contributed by atoms with E-state index in [-0.39, 0.29) is 30.3 Å². The number of rotatable bonds is 12. The van der Waals surface area contributed by atoms with E-state index in [1.807, 2.05) is 74.5 Å². The molecule has 0 N–H and O–H groups in total. The summed E-state index contributed by atoms with van der Waals surface area (Å²) >= 11 is 0. The largest absolute Gasteiger partial charge is 0.333 e. The van der Waals surface area contributed by atoms with Gasteiger partial charge in [-0.3, -0.25) is 0 Å². The SMILES string of the molecule is CC(CC(C)OPOCc1ccccc1)OPOCc1ccccc1. The molecule has 0 fully saturated rings. The van der Waals surface area contributed by atoms with Crippen molar-refractivity contribution in [1.29, 1.82) is 0 Å². The molecule has 25 heavy (non-hydrogen) atoms. The molecule has 0 aliphatic carbocycles. The van der Waals surface area contributed by atoms with E-state index in [0.717, 1.165) is 17.5 Å². The minimum absolute atomic E-state index is 0.0366. The third-order valence-corrected chi connectivity index (χ3v) is 4.97. The molecule has 0 heterocycles. The molecule has 0 saturated heterocycles. The van der Waals surface area contributed by atoms with Gasteiger partial charge in [-0.2, -0.15) is 0 Å². The van der Waals surface area contributed by atoms with Crippen molar-refractivity contribution in [1.82, 2.24) is 0 Å². The molecule has 4 atom stereocenters.